The number of carbonyl (C=O) groups excluding carboxylic acids is 4. The highest BCUT2D eigenvalue weighted by Gasteiger charge is 2.35. The van der Waals surface area contributed by atoms with E-state index in [2.05, 4.69) is 17.2 Å². The van der Waals surface area contributed by atoms with Gasteiger partial charge in [0, 0.05) is 13.0 Å². The molecule has 41 heavy (non-hydrogen) atoms. The van der Waals surface area contributed by atoms with E-state index >= 15 is 0 Å². The molecule has 0 saturated heterocycles. The Kier molecular flexibility index (Phi) is 11.5. The zero-order valence-corrected chi connectivity index (χ0v) is 24.6. The molecule has 222 valence electrons. The number of amides is 3. The maximum atomic E-state index is 13.9. The Morgan fingerprint density at radius 2 is 1.59 bits per heavy atom. The van der Waals surface area contributed by atoms with Crippen LogP contribution in [0.2, 0.25) is 0 Å². The van der Waals surface area contributed by atoms with E-state index in [-0.39, 0.29) is 24.3 Å². The van der Waals surface area contributed by atoms with E-state index in [1.54, 1.807) is 47.6 Å². The van der Waals surface area contributed by atoms with Crippen molar-refractivity contribution >= 4 is 23.9 Å². The number of hydrogen-bond donors (Lipinski definition) is 3. The van der Waals surface area contributed by atoms with Gasteiger partial charge in [0.05, 0.1) is 0 Å². The third-order valence-corrected chi connectivity index (χ3v) is 5.47. The average Bonchev–Trinajstić information content (AvgIpc) is 2.85. The van der Waals surface area contributed by atoms with Crippen LogP contribution in [0.3, 0.4) is 0 Å². The third kappa shape index (κ3) is 11.4. The molecule has 0 heterocycles. The summed E-state index contributed by atoms with van der Waals surface area (Å²) < 4.78 is 10.8. The number of phenolic OH excluding ortho intramolecular Hbond substituents is 1. The van der Waals surface area contributed by atoms with Gasteiger partial charge in [-0.2, -0.15) is 0 Å². The number of hydrogen-bond acceptors (Lipinski definition) is 7. The van der Waals surface area contributed by atoms with Crippen LogP contribution >= 0.6 is 0 Å². The van der Waals surface area contributed by atoms with E-state index in [4.69, 9.17) is 9.47 Å². The quantitative estimate of drug-likeness (QED) is 0.276. The summed E-state index contributed by atoms with van der Waals surface area (Å²) in [5.41, 5.74) is -0.497. The summed E-state index contributed by atoms with van der Waals surface area (Å²) in [5.74, 6) is -2.06. The average molecular weight is 568 g/mol. The maximum Gasteiger partial charge on any atom is 0.408 e. The molecule has 2 rings (SSSR count). The van der Waals surface area contributed by atoms with Crippen molar-refractivity contribution in [3.63, 3.8) is 0 Å². The molecule has 0 fully saturated rings. The van der Waals surface area contributed by atoms with Gasteiger partial charge in [-0.15, -0.1) is 6.58 Å². The molecule has 10 nitrogen and oxygen atoms in total. The van der Waals surface area contributed by atoms with Crippen molar-refractivity contribution in [2.45, 2.75) is 71.2 Å². The number of nitrogens with zero attached hydrogens (tertiary/aromatic N) is 1. The lowest BCUT2D eigenvalue weighted by atomic mass is 10.0. The van der Waals surface area contributed by atoms with E-state index in [0.29, 0.717) is 0 Å². The molecule has 0 saturated carbocycles. The molecular formula is C31H41N3O7. The number of aromatic hydroxyl groups is 1. The molecule has 3 N–H and O–H groups in total. The molecule has 3 amide bonds. The molecule has 2 aromatic rings. The van der Waals surface area contributed by atoms with Gasteiger partial charge in [-0.1, -0.05) is 48.5 Å². The number of alkyl carbamates (subject to hydrolysis) is 1. The molecule has 0 aliphatic carbocycles. The number of phenols is 1. The van der Waals surface area contributed by atoms with Crippen LogP contribution < -0.4 is 10.6 Å². The van der Waals surface area contributed by atoms with E-state index in [1.165, 1.54) is 29.2 Å². The first-order valence-corrected chi connectivity index (χ1v) is 13.3. The first kappa shape index (κ1) is 32.9. The van der Waals surface area contributed by atoms with Gasteiger partial charge in [-0.3, -0.25) is 9.59 Å². The number of rotatable bonds is 11. The summed E-state index contributed by atoms with van der Waals surface area (Å²) in [5, 5.41) is 15.3. The van der Waals surface area contributed by atoms with Gasteiger partial charge in [-0.05, 0) is 64.8 Å². The Bertz CT molecular complexity index is 1220. The van der Waals surface area contributed by atoms with Gasteiger partial charge in [0.2, 0.25) is 11.8 Å². The molecular weight excluding hydrogens is 526 g/mol. The minimum Gasteiger partial charge on any atom is -0.508 e. The lowest BCUT2D eigenvalue weighted by Gasteiger charge is -2.32. The fraction of sp³-hybridized carbons (Fsp3) is 0.419. The highest BCUT2D eigenvalue weighted by molar-refractivity contribution is 5.93. The van der Waals surface area contributed by atoms with E-state index in [1.807, 2.05) is 30.3 Å². The molecule has 2 aromatic carbocycles. The summed E-state index contributed by atoms with van der Waals surface area (Å²) in [6.07, 6.45) is 0.781. The van der Waals surface area contributed by atoms with Crippen molar-refractivity contribution in [1.29, 1.82) is 0 Å². The molecule has 0 aliphatic heterocycles. The summed E-state index contributed by atoms with van der Waals surface area (Å²) in [7, 11) is 0. The Hall–Kier alpha value is -4.34. The van der Waals surface area contributed by atoms with E-state index < -0.39 is 53.7 Å². The van der Waals surface area contributed by atoms with Gasteiger partial charge >= 0.3 is 12.1 Å². The van der Waals surface area contributed by atoms with Crippen molar-refractivity contribution < 1.29 is 33.8 Å². The highest BCUT2D eigenvalue weighted by atomic mass is 16.6. The zero-order chi connectivity index (χ0) is 30.8. The Balaban J connectivity index is 2.43. The molecule has 0 radical (unpaired) electrons. The second-order valence-electron chi connectivity index (χ2n) is 11.5. The lowest BCUT2D eigenvalue weighted by molar-refractivity contribution is -0.159. The molecule has 0 aliphatic rings. The molecule has 0 spiro atoms. The minimum absolute atomic E-state index is 0.0711. The predicted molar refractivity (Wildman–Crippen MR) is 155 cm³/mol. The summed E-state index contributed by atoms with van der Waals surface area (Å²) >= 11 is 0. The normalized spacial score (nSPS) is 12.8. The van der Waals surface area contributed by atoms with Crippen LogP contribution in [0, 0.1) is 0 Å². The fourth-order valence-electron chi connectivity index (χ4n) is 3.89. The smallest absolute Gasteiger partial charge is 0.408 e. The van der Waals surface area contributed by atoms with Crippen molar-refractivity contribution in [3.05, 3.63) is 78.4 Å². The second-order valence-corrected chi connectivity index (χ2v) is 11.5. The SMILES string of the molecule is C=CCN(C(=O)CNC(=O)OC(C)(C)C)C(C(=O)NC(Cc1ccccc1)C(=O)OC(C)(C)C)c1cccc(O)c1. The van der Waals surface area contributed by atoms with Crippen molar-refractivity contribution in [2.24, 2.45) is 0 Å². The molecule has 2 unspecified atom stereocenters. The number of benzene rings is 2. The number of nitrogens with one attached hydrogen (secondary N) is 2. The predicted octanol–water partition coefficient (Wildman–Crippen LogP) is 4.04. The monoisotopic (exact) mass is 567 g/mol. The summed E-state index contributed by atoms with van der Waals surface area (Å²) in [6, 6.07) is 12.7. The summed E-state index contributed by atoms with van der Waals surface area (Å²) in [4.78, 5) is 53.9. The van der Waals surface area contributed by atoms with Crippen molar-refractivity contribution in [3.8, 4) is 5.75 Å². The standard InChI is InChI=1S/C31H41N3O7/c1-8-17-34(25(36)20-32-29(39)41-31(5,6)7)26(22-15-12-16-23(35)19-22)27(37)33-24(28(38)40-30(2,3)4)18-21-13-10-9-11-14-21/h8-16,19,24,26,35H,1,17-18,20H2,2-7H3,(H,32,39)(H,33,37). The second kappa shape index (κ2) is 14.3. The minimum atomic E-state index is -1.28. The largest absolute Gasteiger partial charge is 0.508 e. The van der Waals surface area contributed by atoms with Crippen LogP contribution in [0.4, 0.5) is 4.79 Å². The van der Waals surface area contributed by atoms with E-state index in [9.17, 15) is 24.3 Å². The van der Waals surface area contributed by atoms with Crippen molar-refractivity contribution in [1.82, 2.24) is 15.5 Å². The van der Waals surface area contributed by atoms with Crippen LogP contribution in [0.1, 0.15) is 58.7 Å². The number of carbonyl (C=O) groups is 4. The van der Waals surface area contributed by atoms with Crippen LogP contribution in [0.25, 0.3) is 0 Å². The van der Waals surface area contributed by atoms with E-state index in [0.717, 1.165) is 5.56 Å². The Labute approximate surface area is 241 Å². The summed E-state index contributed by atoms with van der Waals surface area (Å²) in [6.45, 7) is 13.4. The fourth-order valence-corrected chi connectivity index (χ4v) is 3.89. The maximum absolute atomic E-state index is 13.9. The van der Waals surface area contributed by atoms with Crippen LogP contribution in [0.5, 0.6) is 5.75 Å². The number of ether oxygens (including phenoxy) is 2. The first-order chi connectivity index (χ1) is 19.1. The zero-order valence-electron chi connectivity index (χ0n) is 24.6. The van der Waals surface area contributed by atoms with Gasteiger partial charge in [0.25, 0.3) is 0 Å². The van der Waals surface area contributed by atoms with Gasteiger partial charge < -0.3 is 30.1 Å². The van der Waals surface area contributed by atoms with Gasteiger partial charge in [-0.25, -0.2) is 9.59 Å². The van der Waals surface area contributed by atoms with Crippen LogP contribution in [-0.4, -0.2) is 64.2 Å². The molecule has 2 atom stereocenters. The molecule has 0 aromatic heterocycles. The molecule has 0 bridgehead atoms. The lowest BCUT2D eigenvalue weighted by Crippen LogP contribution is -2.52. The van der Waals surface area contributed by atoms with Crippen LogP contribution in [0.15, 0.2) is 67.3 Å². The van der Waals surface area contributed by atoms with Crippen LogP contribution in [-0.2, 0) is 30.3 Å². The molecule has 10 heteroatoms. The van der Waals surface area contributed by atoms with Crippen molar-refractivity contribution in [2.75, 3.05) is 13.1 Å². The first-order valence-electron chi connectivity index (χ1n) is 13.3. The Morgan fingerprint density at radius 1 is 0.951 bits per heavy atom. The third-order valence-electron chi connectivity index (χ3n) is 5.47. The topological polar surface area (TPSA) is 134 Å². The highest BCUT2D eigenvalue weighted by Crippen LogP contribution is 2.25. The van der Waals surface area contributed by atoms with Gasteiger partial charge in [0.1, 0.15) is 35.6 Å². The Morgan fingerprint density at radius 3 is 2.15 bits per heavy atom. The number of esters is 1. The van der Waals surface area contributed by atoms with Gasteiger partial charge in [0.15, 0.2) is 0 Å².